The van der Waals surface area contributed by atoms with Gasteiger partial charge in [0.25, 0.3) is 0 Å². The summed E-state index contributed by atoms with van der Waals surface area (Å²) in [5.74, 6) is 0. The first-order valence-electron chi connectivity index (χ1n) is 7.69. The van der Waals surface area contributed by atoms with Crippen LogP contribution < -0.4 is 9.80 Å². The molecule has 0 radical (unpaired) electrons. The number of benzene rings is 2. The molecule has 0 aromatic heterocycles. The van der Waals surface area contributed by atoms with E-state index in [1.807, 2.05) is 6.92 Å². The Balaban J connectivity index is 2.28. The third kappa shape index (κ3) is 3.80. The van der Waals surface area contributed by atoms with Crippen molar-refractivity contribution in [3.8, 4) is 0 Å². The van der Waals surface area contributed by atoms with Crippen molar-refractivity contribution in [2.75, 3.05) is 44.6 Å². The van der Waals surface area contributed by atoms with Gasteiger partial charge in [-0.25, -0.2) is 0 Å². The van der Waals surface area contributed by atoms with E-state index in [1.165, 1.54) is 22.5 Å². The predicted octanol–water partition coefficient (Wildman–Crippen LogP) is 3.94. The van der Waals surface area contributed by atoms with Gasteiger partial charge < -0.3 is 14.5 Å². The maximum atomic E-state index is 5.99. The maximum absolute atomic E-state index is 5.99. The summed E-state index contributed by atoms with van der Waals surface area (Å²) < 4.78 is 5.99. The number of ether oxygens (including phenoxy) is 1. The molecule has 0 aliphatic rings. The molecule has 0 aliphatic carbocycles. The topological polar surface area (TPSA) is 15.7 Å². The smallest absolute Gasteiger partial charge is 0.108 e. The Morgan fingerprint density at radius 1 is 0.727 bits per heavy atom. The fourth-order valence-electron chi connectivity index (χ4n) is 2.45. The zero-order valence-electron chi connectivity index (χ0n) is 14.2. The first-order valence-corrected chi connectivity index (χ1v) is 7.69. The molecule has 3 heteroatoms. The Bertz CT molecular complexity index is 522. The van der Waals surface area contributed by atoms with Crippen LogP contribution in [-0.4, -0.2) is 34.8 Å². The van der Waals surface area contributed by atoms with Gasteiger partial charge in [0.15, 0.2) is 0 Å². The Kier molecular flexibility index (Phi) is 5.45. The van der Waals surface area contributed by atoms with Gasteiger partial charge in [-0.15, -0.1) is 0 Å². The van der Waals surface area contributed by atoms with Crippen LogP contribution >= 0.6 is 0 Å². The monoisotopic (exact) mass is 298 g/mol. The van der Waals surface area contributed by atoms with Crippen LogP contribution in [0.25, 0.3) is 0 Å². The summed E-state index contributed by atoms with van der Waals surface area (Å²) in [5.41, 5.74) is 4.76. The highest BCUT2D eigenvalue weighted by molar-refractivity contribution is 5.49. The Labute approximate surface area is 134 Å². The molecule has 0 bridgehead atoms. The number of hydrogen-bond donors (Lipinski definition) is 0. The van der Waals surface area contributed by atoms with Crippen molar-refractivity contribution in [2.45, 2.75) is 13.0 Å². The van der Waals surface area contributed by atoms with Crippen molar-refractivity contribution in [3.05, 3.63) is 59.7 Å². The van der Waals surface area contributed by atoms with Crippen LogP contribution in [-0.2, 0) is 4.74 Å². The van der Waals surface area contributed by atoms with E-state index in [2.05, 4.69) is 86.5 Å². The largest absolute Gasteiger partial charge is 0.378 e. The Hall–Kier alpha value is -2.00. The molecule has 3 nitrogen and oxygen atoms in total. The molecule has 2 aromatic rings. The van der Waals surface area contributed by atoms with Crippen LogP contribution in [0.1, 0.15) is 24.2 Å². The van der Waals surface area contributed by atoms with Crippen molar-refractivity contribution in [1.82, 2.24) is 0 Å². The zero-order chi connectivity index (χ0) is 16.1. The molecular formula is C19H26N2O. The summed E-state index contributed by atoms with van der Waals surface area (Å²) in [6.45, 7) is 2.73. The van der Waals surface area contributed by atoms with Gasteiger partial charge in [-0.1, -0.05) is 24.3 Å². The van der Waals surface area contributed by atoms with Gasteiger partial charge in [0.1, 0.15) is 6.10 Å². The predicted molar refractivity (Wildman–Crippen MR) is 95.0 cm³/mol. The third-order valence-corrected chi connectivity index (χ3v) is 3.76. The van der Waals surface area contributed by atoms with E-state index >= 15 is 0 Å². The molecule has 0 atom stereocenters. The van der Waals surface area contributed by atoms with E-state index in [0.717, 1.165) is 0 Å². The fourth-order valence-corrected chi connectivity index (χ4v) is 2.45. The second kappa shape index (κ2) is 7.32. The van der Waals surface area contributed by atoms with E-state index in [0.29, 0.717) is 6.61 Å². The minimum Gasteiger partial charge on any atom is -0.378 e. The van der Waals surface area contributed by atoms with Gasteiger partial charge in [0.05, 0.1) is 0 Å². The highest BCUT2D eigenvalue weighted by Gasteiger charge is 2.14. The minimum atomic E-state index is -0.0163. The van der Waals surface area contributed by atoms with Crippen LogP contribution in [0.5, 0.6) is 0 Å². The average molecular weight is 298 g/mol. The highest BCUT2D eigenvalue weighted by Crippen LogP contribution is 2.28. The molecule has 0 aliphatic heterocycles. The van der Waals surface area contributed by atoms with Crippen LogP contribution in [0, 0.1) is 0 Å². The molecule has 118 valence electrons. The summed E-state index contributed by atoms with van der Waals surface area (Å²) in [7, 11) is 8.20. The third-order valence-electron chi connectivity index (χ3n) is 3.76. The summed E-state index contributed by atoms with van der Waals surface area (Å²) in [6.07, 6.45) is -0.0163. The maximum Gasteiger partial charge on any atom is 0.108 e. The standard InChI is InChI=1S/C19H26N2O/c1-6-22-19(15-7-11-17(12-8-15)20(2)3)16-9-13-18(14-10-16)21(4)5/h7-14,19H,6H2,1-5H3. The molecule has 0 unspecified atom stereocenters. The average Bonchev–Trinajstić information content (AvgIpc) is 2.53. The molecule has 0 saturated carbocycles. The Morgan fingerprint density at radius 2 is 1.09 bits per heavy atom. The molecule has 0 amide bonds. The van der Waals surface area contributed by atoms with Crippen LogP contribution in [0.15, 0.2) is 48.5 Å². The second-order valence-electron chi connectivity index (χ2n) is 5.81. The lowest BCUT2D eigenvalue weighted by atomic mass is 10.0. The summed E-state index contributed by atoms with van der Waals surface area (Å²) in [6, 6.07) is 17.1. The molecule has 2 rings (SSSR count). The lowest BCUT2D eigenvalue weighted by Gasteiger charge is -2.21. The van der Waals surface area contributed by atoms with Gasteiger partial charge in [-0.05, 0) is 42.3 Å². The normalized spacial score (nSPS) is 10.8. The molecule has 0 spiro atoms. The van der Waals surface area contributed by atoms with Crippen LogP contribution in [0.2, 0.25) is 0 Å². The van der Waals surface area contributed by atoms with E-state index < -0.39 is 0 Å². The summed E-state index contributed by atoms with van der Waals surface area (Å²) in [4.78, 5) is 4.21. The van der Waals surface area contributed by atoms with Crippen molar-refractivity contribution in [3.63, 3.8) is 0 Å². The summed E-state index contributed by atoms with van der Waals surface area (Å²) in [5, 5.41) is 0. The number of hydrogen-bond acceptors (Lipinski definition) is 3. The van der Waals surface area contributed by atoms with Gasteiger partial charge in [-0.3, -0.25) is 0 Å². The molecule has 0 N–H and O–H groups in total. The van der Waals surface area contributed by atoms with Gasteiger partial charge >= 0.3 is 0 Å². The molecule has 22 heavy (non-hydrogen) atoms. The van der Waals surface area contributed by atoms with E-state index in [-0.39, 0.29) is 6.10 Å². The Morgan fingerprint density at radius 3 is 1.36 bits per heavy atom. The SMILES string of the molecule is CCOC(c1ccc(N(C)C)cc1)c1ccc(N(C)C)cc1. The van der Waals surface area contributed by atoms with Crippen molar-refractivity contribution >= 4 is 11.4 Å². The second-order valence-corrected chi connectivity index (χ2v) is 5.81. The van der Waals surface area contributed by atoms with Crippen molar-refractivity contribution in [1.29, 1.82) is 0 Å². The van der Waals surface area contributed by atoms with Crippen LogP contribution in [0.4, 0.5) is 11.4 Å². The van der Waals surface area contributed by atoms with E-state index in [1.54, 1.807) is 0 Å². The van der Waals surface area contributed by atoms with Crippen molar-refractivity contribution in [2.24, 2.45) is 0 Å². The first kappa shape index (κ1) is 16.4. The van der Waals surface area contributed by atoms with E-state index in [4.69, 9.17) is 4.74 Å². The fraction of sp³-hybridized carbons (Fsp3) is 0.368. The van der Waals surface area contributed by atoms with Gasteiger partial charge in [-0.2, -0.15) is 0 Å². The minimum absolute atomic E-state index is 0.0163. The molecular weight excluding hydrogens is 272 g/mol. The molecule has 0 heterocycles. The highest BCUT2D eigenvalue weighted by atomic mass is 16.5. The number of rotatable bonds is 6. The lowest BCUT2D eigenvalue weighted by molar-refractivity contribution is 0.0914. The molecule has 2 aromatic carbocycles. The molecule has 0 fully saturated rings. The summed E-state index contributed by atoms with van der Waals surface area (Å²) >= 11 is 0. The van der Waals surface area contributed by atoms with Gasteiger partial charge in [0, 0.05) is 46.2 Å². The van der Waals surface area contributed by atoms with Crippen molar-refractivity contribution < 1.29 is 4.74 Å². The molecule has 0 saturated heterocycles. The quantitative estimate of drug-likeness (QED) is 0.803. The zero-order valence-corrected chi connectivity index (χ0v) is 14.2. The lowest BCUT2D eigenvalue weighted by Crippen LogP contribution is -2.11. The number of anilines is 2. The van der Waals surface area contributed by atoms with Gasteiger partial charge in [0.2, 0.25) is 0 Å². The number of nitrogens with zero attached hydrogens (tertiary/aromatic N) is 2. The van der Waals surface area contributed by atoms with E-state index in [9.17, 15) is 0 Å². The first-order chi connectivity index (χ1) is 10.5. The van der Waals surface area contributed by atoms with Crippen LogP contribution in [0.3, 0.4) is 0 Å².